The molecule has 1 aromatic rings. The lowest BCUT2D eigenvalue weighted by atomic mass is 10.1. The zero-order valence-corrected chi connectivity index (χ0v) is 11.6. The van der Waals surface area contributed by atoms with Crippen LogP contribution in [0.15, 0.2) is 18.2 Å². The van der Waals surface area contributed by atoms with Crippen LogP contribution < -0.4 is 10.2 Å². The molecule has 2 nitrogen and oxygen atoms in total. The Morgan fingerprint density at radius 1 is 1.00 bits per heavy atom. The summed E-state index contributed by atoms with van der Waals surface area (Å²) in [7, 11) is 0. The molecule has 96 valence electrons. The van der Waals surface area contributed by atoms with Crippen LogP contribution in [0.4, 0.5) is 11.4 Å². The first-order chi connectivity index (χ1) is 7.45. The van der Waals surface area contributed by atoms with E-state index in [2.05, 4.69) is 28.4 Å². The van der Waals surface area contributed by atoms with Gasteiger partial charge in [-0.05, 0) is 37.8 Å². The third-order valence-corrected chi connectivity index (χ3v) is 3.54. The van der Waals surface area contributed by atoms with Crippen LogP contribution in [0.25, 0.3) is 0 Å². The molecule has 0 saturated carbocycles. The van der Waals surface area contributed by atoms with Crippen LogP contribution in [0.2, 0.25) is 0 Å². The van der Waals surface area contributed by atoms with Crippen molar-refractivity contribution in [1.29, 1.82) is 0 Å². The van der Waals surface area contributed by atoms with Crippen molar-refractivity contribution in [3.63, 3.8) is 0 Å². The molecule has 1 saturated heterocycles. The zero-order chi connectivity index (χ0) is 10.1. The van der Waals surface area contributed by atoms with Gasteiger partial charge in [0.05, 0.1) is 0 Å². The highest BCUT2D eigenvalue weighted by molar-refractivity contribution is 5.85. The van der Waals surface area contributed by atoms with Gasteiger partial charge < -0.3 is 10.2 Å². The summed E-state index contributed by atoms with van der Waals surface area (Å²) >= 11 is 0. The Hall–Kier alpha value is -0.600. The molecule has 3 rings (SSSR count). The van der Waals surface area contributed by atoms with Gasteiger partial charge in [0, 0.05) is 36.6 Å². The third kappa shape index (κ3) is 2.80. The quantitative estimate of drug-likeness (QED) is 0.844. The normalized spacial score (nSPS) is 17.5. The Morgan fingerprint density at radius 2 is 1.76 bits per heavy atom. The number of halogens is 2. The molecule has 0 radical (unpaired) electrons. The first-order valence-corrected chi connectivity index (χ1v) is 6.06. The molecule has 17 heavy (non-hydrogen) atoms. The highest BCUT2D eigenvalue weighted by Gasteiger charge is 2.19. The summed E-state index contributed by atoms with van der Waals surface area (Å²) in [5.74, 6) is 0. The molecule has 2 aliphatic heterocycles. The number of nitrogens with one attached hydrogen (secondary N) is 1. The number of hydrogen-bond acceptors (Lipinski definition) is 2. The predicted octanol–water partition coefficient (Wildman–Crippen LogP) is 3.49. The minimum absolute atomic E-state index is 0. The third-order valence-electron chi connectivity index (χ3n) is 3.54. The second kappa shape index (κ2) is 6.36. The lowest BCUT2D eigenvalue weighted by Gasteiger charge is -2.30. The molecule has 0 unspecified atom stereocenters. The van der Waals surface area contributed by atoms with E-state index in [4.69, 9.17) is 0 Å². The fraction of sp³-hybridized carbons (Fsp3) is 0.538. The number of fused-ring (bicyclic) bond motifs is 1. The van der Waals surface area contributed by atoms with E-state index in [1.165, 1.54) is 50.1 Å². The summed E-state index contributed by atoms with van der Waals surface area (Å²) in [6.45, 7) is 3.60. The van der Waals surface area contributed by atoms with Gasteiger partial charge in [0.2, 0.25) is 0 Å². The van der Waals surface area contributed by atoms with Crippen molar-refractivity contribution < 1.29 is 0 Å². The molecule has 1 N–H and O–H groups in total. The largest absolute Gasteiger partial charge is 0.384 e. The van der Waals surface area contributed by atoms with E-state index >= 15 is 0 Å². The number of anilines is 2. The van der Waals surface area contributed by atoms with Gasteiger partial charge in [-0.25, -0.2) is 0 Å². The summed E-state index contributed by atoms with van der Waals surface area (Å²) in [5, 5.41) is 3.45. The van der Waals surface area contributed by atoms with Crippen molar-refractivity contribution in [3.05, 3.63) is 23.8 Å². The maximum atomic E-state index is 3.45. The Labute approximate surface area is 116 Å². The summed E-state index contributed by atoms with van der Waals surface area (Å²) in [5.41, 5.74) is 4.38. The van der Waals surface area contributed by atoms with Crippen molar-refractivity contribution in [2.75, 3.05) is 29.9 Å². The minimum atomic E-state index is 0. The SMILES string of the molecule is Cl.Cl.c1cc2c(c(N3CCCCC3)c1)CCN2. The Morgan fingerprint density at radius 3 is 2.53 bits per heavy atom. The van der Waals surface area contributed by atoms with Crippen LogP contribution in [-0.2, 0) is 6.42 Å². The molecule has 0 aliphatic carbocycles. The second-order valence-corrected chi connectivity index (χ2v) is 4.53. The summed E-state index contributed by atoms with van der Waals surface area (Å²) < 4.78 is 0. The van der Waals surface area contributed by atoms with Gasteiger partial charge in [0.1, 0.15) is 0 Å². The van der Waals surface area contributed by atoms with Gasteiger partial charge >= 0.3 is 0 Å². The highest BCUT2D eigenvalue weighted by atomic mass is 35.5. The second-order valence-electron chi connectivity index (χ2n) is 4.53. The van der Waals surface area contributed by atoms with Crippen molar-refractivity contribution >= 4 is 36.2 Å². The fourth-order valence-electron chi connectivity index (χ4n) is 2.76. The lowest BCUT2D eigenvalue weighted by Crippen LogP contribution is -2.30. The van der Waals surface area contributed by atoms with Crippen LogP contribution in [0.5, 0.6) is 0 Å². The van der Waals surface area contributed by atoms with E-state index in [1.54, 1.807) is 5.56 Å². The van der Waals surface area contributed by atoms with E-state index in [1.807, 2.05) is 0 Å². The number of hydrogen-bond donors (Lipinski definition) is 1. The van der Waals surface area contributed by atoms with Crippen LogP contribution >= 0.6 is 24.8 Å². The minimum Gasteiger partial charge on any atom is -0.384 e. The van der Waals surface area contributed by atoms with Gasteiger partial charge in [-0.3, -0.25) is 0 Å². The number of rotatable bonds is 1. The van der Waals surface area contributed by atoms with Crippen LogP contribution in [-0.4, -0.2) is 19.6 Å². The van der Waals surface area contributed by atoms with Crippen molar-refractivity contribution in [1.82, 2.24) is 0 Å². The molecule has 2 aliphatic rings. The van der Waals surface area contributed by atoms with E-state index in [0.717, 1.165) is 6.54 Å². The molecular weight excluding hydrogens is 255 g/mol. The molecule has 0 spiro atoms. The topological polar surface area (TPSA) is 15.3 Å². The maximum Gasteiger partial charge on any atom is 0.0420 e. The first-order valence-electron chi connectivity index (χ1n) is 6.06. The van der Waals surface area contributed by atoms with Crippen molar-refractivity contribution in [2.24, 2.45) is 0 Å². The van der Waals surface area contributed by atoms with Crippen LogP contribution in [0.3, 0.4) is 0 Å². The fourth-order valence-corrected chi connectivity index (χ4v) is 2.76. The van der Waals surface area contributed by atoms with Gasteiger partial charge in [-0.15, -0.1) is 24.8 Å². The monoisotopic (exact) mass is 274 g/mol. The summed E-state index contributed by atoms with van der Waals surface area (Å²) in [6, 6.07) is 6.67. The Kier molecular flexibility index (Phi) is 5.41. The molecular formula is C13H20Cl2N2. The molecule has 0 atom stereocenters. The zero-order valence-electron chi connectivity index (χ0n) is 9.95. The molecule has 1 aromatic carbocycles. The van der Waals surface area contributed by atoms with Gasteiger partial charge in [0.15, 0.2) is 0 Å². The molecule has 0 aromatic heterocycles. The van der Waals surface area contributed by atoms with Crippen molar-refractivity contribution in [3.8, 4) is 0 Å². The molecule has 1 fully saturated rings. The highest BCUT2D eigenvalue weighted by Crippen LogP contribution is 2.32. The van der Waals surface area contributed by atoms with Crippen LogP contribution in [0.1, 0.15) is 24.8 Å². The molecule has 0 bridgehead atoms. The van der Waals surface area contributed by atoms with Gasteiger partial charge in [0.25, 0.3) is 0 Å². The molecule has 4 heteroatoms. The average molecular weight is 275 g/mol. The number of benzene rings is 1. The smallest absolute Gasteiger partial charge is 0.0420 e. The standard InChI is InChI=1S/C13H18N2.2ClH/c1-2-9-15(10-3-1)13-6-4-5-12-11(13)7-8-14-12;;/h4-6,14H,1-3,7-10H2;2*1H. The Bertz CT molecular complexity index is 362. The summed E-state index contributed by atoms with van der Waals surface area (Å²) in [4.78, 5) is 2.56. The van der Waals surface area contributed by atoms with E-state index < -0.39 is 0 Å². The molecule has 2 heterocycles. The maximum absolute atomic E-state index is 3.45. The van der Waals surface area contributed by atoms with E-state index in [9.17, 15) is 0 Å². The predicted molar refractivity (Wildman–Crippen MR) is 79.2 cm³/mol. The summed E-state index contributed by atoms with van der Waals surface area (Å²) in [6.07, 6.45) is 5.32. The van der Waals surface area contributed by atoms with E-state index in [-0.39, 0.29) is 24.8 Å². The molecule has 0 amide bonds. The van der Waals surface area contributed by atoms with E-state index in [0.29, 0.717) is 0 Å². The van der Waals surface area contributed by atoms with Crippen molar-refractivity contribution in [2.45, 2.75) is 25.7 Å². The number of nitrogens with zero attached hydrogens (tertiary/aromatic N) is 1. The number of piperidine rings is 1. The van der Waals surface area contributed by atoms with Crippen LogP contribution in [0, 0.1) is 0 Å². The lowest BCUT2D eigenvalue weighted by molar-refractivity contribution is 0.577. The van der Waals surface area contributed by atoms with Gasteiger partial charge in [-0.1, -0.05) is 6.07 Å². The Balaban J connectivity index is 0.000000722. The van der Waals surface area contributed by atoms with Gasteiger partial charge in [-0.2, -0.15) is 0 Å². The average Bonchev–Trinajstić information content (AvgIpc) is 2.78. The first kappa shape index (κ1) is 14.5.